The lowest BCUT2D eigenvalue weighted by molar-refractivity contribution is -0.127. The topological polar surface area (TPSA) is 104 Å². The average molecular weight is 450 g/mol. The van der Waals surface area contributed by atoms with Crippen LogP contribution in [0.1, 0.15) is 51.9 Å². The highest BCUT2D eigenvalue weighted by Crippen LogP contribution is 2.25. The molecule has 1 N–H and O–H groups in total. The molecule has 0 aromatic carbocycles. The van der Waals surface area contributed by atoms with Gasteiger partial charge in [0.15, 0.2) is 9.84 Å². The van der Waals surface area contributed by atoms with Crippen molar-refractivity contribution in [2.45, 2.75) is 64.0 Å². The minimum atomic E-state index is -3.24. The molecular formula is C19H35N3O5S2. The van der Waals surface area contributed by atoms with E-state index in [1.165, 1.54) is 10.7 Å². The van der Waals surface area contributed by atoms with E-state index in [-0.39, 0.29) is 41.2 Å². The van der Waals surface area contributed by atoms with E-state index >= 15 is 0 Å². The summed E-state index contributed by atoms with van der Waals surface area (Å²) in [5.74, 6) is -0.0914. The molecule has 3 saturated heterocycles. The van der Waals surface area contributed by atoms with Gasteiger partial charge in [-0.25, -0.2) is 21.1 Å². The fourth-order valence-corrected chi connectivity index (χ4v) is 8.36. The number of carbonyl (C=O) groups excluding carboxylic acids is 1. The Bertz CT molecular complexity index is 770. The minimum absolute atomic E-state index is 0.00412. The lowest BCUT2D eigenvalue weighted by Crippen LogP contribution is -2.54. The maximum absolute atomic E-state index is 12.8. The van der Waals surface area contributed by atoms with Gasteiger partial charge in [0.05, 0.1) is 23.3 Å². The van der Waals surface area contributed by atoms with Crippen molar-refractivity contribution >= 4 is 25.8 Å². The Labute approximate surface area is 175 Å². The van der Waals surface area contributed by atoms with Crippen molar-refractivity contribution in [2.75, 3.05) is 43.4 Å². The van der Waals surface area contributed by atoms with Crippen LogP contribution in [0.2, 0.25) is 0 Å². The van der Waals surface area contributed by atoms with E-state index in [0.29, 0.717) is 32.4 Å². The van der Waals surface area contributed by atoms with Crippen LogP contribution in [0, 0.1) is 5.92 Å². The molecule has 3 aliphatic heterocycles. The number of carbonyl (C=O) groups is 1. The second kappa shape index (κ2) is 9.62. The first-order chi connectivity index (χ1) is 13.7. The summed E-state index contributed by atoms with van der Waals surface area (Å²) in [5, 5.41) is 3.01. The number of amides is 1. The van der Waals surface area contributed by atoms with Gasteiger partial charge in [-0.3, -0.25) is 9.69 Å². The molecule has 0 spiro atoms. The molecule has 3 rings (SSSR count). The van der Waals surface area contributed by atoms with Gasteiger partial charge in [-0.2, -0.15) is 0 Å². The van der Waals surface area contributed by atoms with Gasteiger partial charge in [0.1, 0.15) is 0 Å². The van der Waals surface area contributed by atoms with E-state index in [4.69, 9.17) is 0 Å². The Morgan fingerprint density at radius 1 is 1.03 bits per heavy atom. The maximum atomic E-state index is 12.8. The zero-order valence-electron chi connectivity index (χ0n) is 17.4. The molecule has 0 bridgehead atoms. The summed E-state index contributed by atoms with van der Waals surface area (Å²) in [7, 11) is -6.39. The van der Waals surface area contributed by atoms with Crippen molar-refractivity contribution < 1.29 is 21.6 Å². The highest BCUT2D eigenvalue weighted by molar-refractivity contribution is 7.91. The van der Waals surface area contributed by atoms with Crippen LogP contribution in [0.3, 0.4) is 0 Å². The molecule has 2 atom stereocenters. The highest BCUT2D eigenvalue weighted by Gasteiger charge is 2.43. The molecular weight excluding hydrogens is 414 g/mol. The Hall–Kier alpha value is -0.710. The monoisotopic (exact) mass is 449 g/mol. The molecule has 168 valence electrons. The van der Waals surface area contributed by atoms with E-state index in [2.05, 4.69) is 10.2 Å². The molecule has 3 heterocycles. The van der Waals surface area contributed by atoms with Crippen LogP contribution in [0.4, 0.5) is 0 Å². The number of sulfonamides is 1. The highest BCUT2D eigenvalue weighted by atomic mass is 32.2. The number of piperidine rings is 2. The van der Waals surface area contributed by atoms with Crippen LogP contribution < -0.4 is 5.32 Å². The number of sulfone groups is 1. The molecule has 2 unspecified atom stereocenters. The molecule has 8 nitrogen and oxygen atoms in total. The van der Waals surface area contributed by atoms with Crippen molar-refractivity contribution in [3.05, 3.63) is 0 Å². The van der Waals surface area contributed by atoms with Gasteiger partial charge in [-0.15, -0.1) is 0 Å². The zero-order valence-corrected chi connectivity index (χ0v) is 19.0. The Balaban J connectivity index is 1.55. The smallest absolute Gasteiger partial charge is 0.223 e. The van der Waals surface area contributed by atoms with Crippen LogP contribution in [0.25, 0.3) is 0 Å². The number of likely N-dealkylation sites (tertiary alicyclic amines) is 1. The predicted molar refractivity (Wildman–Crippen MR) is 113 cm³/mol. The summed E-state index contributed by atoms with van der Waals surface area (Å²) in [5.41, 5.74) is 0. The number of hydrogen-bond donors (Lipinski definition) is 1. The third kappa shape index (κ3) is 5.92. The van der Waals surface area contributed by atoms with Gasteiger partial charge in [-0.05, 0) is 45.2 Å². The van der Waals surface area contributed by atoms with Crippen molar-refractivity contribution in [3.63, 3.8) is 0 Å². The van der Waals surface area contributed by atoms with E-state index < -0.39 is 19.9 Å². The summed E-state index contributed by atoms with van der Waals surface area (Å²) < 4.78 is 50.7. The van der Waals surface area contributed by atoms with Crippen molar-refractivity contribution in [1.29, 1.82) is 0 Å². The normalized spacial score (nSPS) is 29.7. The zero-order chi connectivity index (χ0) is 21.1. The molecule has 3 fully saturated rings. The van der Waals surface area contributed by atoms with E-state index in [9.17, 15) is 21.6 Å². The lowest BCUT2D eigenvalue weighted by Gasteiger charge is -2.36. The first-order valence-corrected chi connectivity index (χ1v) is 14.4. The molecule has 0 aromatic rings. The third-order valence-electron chi connectivity index (χ3n) is 6.48. The SMILES string of the molecule is CCCCS(=O)(=O)N1CCC(C(=O)NC2CS(=O)(=O)CC2N2CCCCC2)CC1. The molecule has 1 amide bonds. The van der Waals surface area contributed by atoms with Gasteiger partial charge < -0.3 is 5.32 Å². The molecule has 0 saturated carbocycles. The second-order valence-electron chi connectivity index (χ2n) is 8.70. The van der Waals surface area contributed by atoms with Crippen molar-refractivity contribution in [3.8, 4) is 0 Å². The predicted octanol–water partition coefficient (Wildman–Crippen LogP) is 0.596. The van der Waals surface area contributed by atoms with Crippen LogP contribution in [-0.4, -0.2) is 87.5 Å². The molecule has 10 heteroatoms. The fraction of sp³-hybridized carbons (Fsp3) is 0.947. The van der Waals surface area contributed by atoms with Crippen LogP contribution in [0.15, 0.2) is 0 Å². The summed E-state index contributed by atoms with van der Waals surface area (Å²) in [6.45, 7) is 4.47. The first-order valence-electron chi connectivity index (χ1n) is 10.9. The number of unbranched alkanes of at least 4 members (excludes halogenated alkanes) is 1. The van der Waals surface area contributed by atoms with Crippen molar-refractivity contribution in [1.82, 2.24) is 14.5 Å². The van der Waals surface area contributed by atoms with E-state index in [1.54, 1.807) is 0 Å². The summed E-state index contributed by atoms with van der Waals surface area (Å²) in [6.07, 6.45) is 5.78. The van der Waals surface area contributed by atoms with Gasteiger partial charge in [0, 0.05) is 25.0 Å². The summed E-state index contributed by atoms with van der Waals surface area (Å²) >= 11 is 0. The quantitative estimate of drug-likeness (QED) is 0.610. The molecule has 0 radical (unpaired) electrons. The number of nitrogens with zero attached hydrogens (tertiary/aromatic N) is 2. The van der Waals surface area contributed by atoms with Gasteiger partial charge in [-0.1, -0.05) is 19.8 Å². The largest absolute Gasteiger partial charge is 0.350 e. The Morgan fingerprint density at radius 3 is 2.31 bits per heavy atom. The summed E-state index contributed by atoms with van der Waals surface area (Å²) in [4.78, 5) is 15.1. The average Bonchev–Trinajstić information content (AvgIpc) is 3.01. The minimum Gasteiger partial charge on any atom is -0.350 e. The fourth-order valence-electron chi connectivity index (χ4n) is 4.73. The molecule has 0 aliphatic carbocycles. The number of nitrogens with one attached hydrogen (secondary N) is 1. The van der Waals surface area contributed by atoms with Crippen molar-refractivity contribution in [2.24, 2.45) is 5.92 Å². The summed E-state index contributed by atoms with van der Waals surface area (Å²) in [6, 6.07) is -0.504. The van der Waals surface area contributed by atoms with Crippen LogP contribution >= 0.6 is 0 Å². The lowest BCUT2D eigenvalue weighted by atomic mass is 9.96. The second-order valence-corrected chi connectivity index (χ2v) is 12.9. The Morgan fingerprint density at radius 2 is 1.69 bits per heavy atom. The van der Waals surface area contributed by atoms with E-state index in [1.807, 2.05) is 6.92 Å². The maximum Gasteiger partial charge on any atom is 0.223 e. The van der Waals surface area contributed by atoms with Crippen LogP contribution in [0.5, 0.6) is 0 Å². The van der Waals surface area contributed by atoms with E-state index in [0.717, 1.165) is 32.4 Å². The van der Waals surface area contributed by atoms with Gasteiger partial charge in [0.25, 0.3) is 0 Å². The molecule has 29 heavy (non-hydrogen) atoms. The Kier molecular flexibility index (Phi) is 7.61. The number of hydrogen-bond acceptors (Lipinski definition) is 6. The molecule has 3 aliphatic rings. The standard InChI is InChI=1S/C19H35N3O5S2/c1-2-3-13-29(26,27)22-11-7-16(8-12-22)19(23)20-17-14-28(24,25)15-18(17)21-9-5-4-6-10-21/h16-18H,2-15H2,1H3,(H,20,23). The number of rotatable bonds is 7. The first kappa shape index (κ1) is 23.0. The molecule has 0 aromatic heterocycles. The third-order valence-corrected chi connectivity index (χ3v) is 10.2. The van der Waals surface area contributed by atoms with Gasteiger partial charge in [0.2, 0.25) is 15.9 Å². The van der Waals surface area contributed by atoms with Gasteiger partial charge >= 0.3 is 0 Å². The van der Waals surface area contributed by atoms with Crippen LogP contribution in [-0.2, 0) is 24.7 Å².